The van der Waals surface area contributed by atoms with Crippen molar-refractivity contribution >= 4 is 11.6 Å². The minimum absolute atomic E-state index is 0.00243. The zero-order valence-electron chi connectivity index (χ0n) is 40.6. The molecule has 11 nitrogen and oxygen atoms in total. The highest BCUT2D eigenvalue weighted by atomic mass is 16.7. The highest BCUT2D eigenvalue weighted by Gasteiger charge is 2.80. The minimum atomic E-state index is -1.18. The topological polar surface area (TPSA) is 158 Å². The maximum atomic E-state index is 14.9. The molecule has 4 saturated heterocycles. The van der Waals surface area contributed by atoms with Gasteiger partial charge in [0.1, 0.15) is 11.6 Å². The Morgan fingerprint density at radius 3 is 1.72 bits per heavy atom. The van der Waals surface area contributed by atoms with Crippen LogP contribution in [0.4, 0.5) is 0 Å². The Hall–Kier alpha value is -1.86. The van der Waals surface area contributed by atoms with Crippen LogP contribution < -0.4 is 0 Å². The molecule has 0 bridgehead atoms. The fourth-order valence-electron chi connectivity index (χ4n) is 20.3. The Balaban J connectivity index is 0.758. The third kappa shape index (κ3) is 5.04. The van der Waals surface area contributed by atoms with Gasteiger partial charge in [0, 0.05) is 55.8 Å². The van der Waals surface area contributed by atoms with Crippen LogP contribution in [0, 0.1) is 80.8 Å². The van der Waals surface area contributed by atoms with Gasteiger partial charge in [-0.15, -0.1) is 0 Å². The first-order chi connectivity index (χ1) is 30.4. The summed E-state index contributed by atoms with van der Waals surface area (Å²) in [5, 5.41) is 36.7. The number of carbonyl (C=O) groups is 2. The number of fused-ring (bicyclic) bond motifs is 14. The molecular weight excluding hydrogens is 821 g/mol. The van der Waals surface area contributed by atoms with Crippen LogP contribution >= 0.6 is 0 Å². The molecule has 4 aliphatic heterocycles. The van der Waals surface area contributed by atoms with Crippen LogP contribution in [0.1, 0.15) is 162 Å². The second-order valence-electron chi connectivity index (χ2n) is 26.9. The highest BCUT2D eigenvalue weighted by molar-refractivity contribution is 5.90. The fraction of sp³-hybridized carbons (Fsp3) is 0.889. The largest absolute Gasteiger partial charge is 0.389 e. The van der Waals surface area contributed by atoms with Crippen LogP contribution in [0.5, 0.6) is 0 Å². The first-order valence-corrected chi connectivity index (χ1v) is 26.2. The van der Waals surface area contributed by atoms with Crippen molar-refractivity contribution in [3.8, 4) is 0 Å². The van der Waals surface area contributed by atoms with Crippen molar-refractivity contribution in [2.75, 3.05) is 6.61 Å². The van der Waals surface area contributed by atoms with Crippen molar-refractivity contribution in [2.24, 2.45) is 80.8 Å². The van der Waals surface area contributed by atoms with Gasteiger partial charge in [0.25, 0.3) is 0 Å². The van der Waals surface area contributed by atoms with Crippen LogP contribution in [0.2, 0.25) is 0 Å². The molecule has 1 aromatic heterocycles. The summed E-state index contributed by atoms with van der Waals surface area (Å²) in [5.41, 5.74) is -1.08. The second-order valence-corrected chi connectivity index (χ2v) is 26.9. The lowest BCUT2D eigenvalue weighted by Gasteiger charge is -2.62. The molecule has 3 spiro atoms. The van der Waals surface area contributed by atoms with E-state index < -0.39 is 39.2 Å². The van der Waals surface area contributed by atoms with Crippen molar-refractivity contribution in [3.05, 3.63) is 22.8 Å². The molecule has 6 saturated carbocycles. The van der Waals surface area contributed by atoms with Gasteiger partial charge in [0.05, 0.1) is 74.8 Å². The van der Waals surface area contributed by atoms with Gasteiger partial charge >= 0.3 is 0 Å². The summed E-state index contributed by atoms with van der Waals surface area (Å²) in [4.78, 5) is 40.9. The van der Waals surface area contributed by atoms with Crippen LogP contribution in [-0.2, 0) is 54.2 Å². The van der Waals surface area contributed by atoms with E-state index in [0.29, 0.717) is 50.4 Å². The van der Waals surface area contributed by atoms with Gasteiger partial charge in [-0.2, -0.15) is 0 Å². The molecule has 13 rings (SSSR count). The van der Waals surface area contributed by atoms with Crippen molar-refractivity contribution in [1.82, 2.24) is 9.97 Å². The Morgan fingerprint density at radius 1 is 0.585 bits per heavy atom. The number of hydrogen-bond acceptors (Lipinski definition) is 11. The zero-order valence-corrected chi connectivity index (χ0v) is 40.6. The van der Waals surface area contributed by atoms with Crippen LogP contribution in [-0.4, -0.2) is 89.6 Å². The molecule has 12 aliphatic rings. The molecule has 21 atom stereocenters. The molecule has 3 N–H and O–H groups in total. The molecule has 11 heteroatoms. The Labute approximate surface area is 385 Å². The predicted octanol–water partition coefficient (Wildman–Crippen LogP) is 7.04. The minimum Gasteiger partial charge on any atom is -0.389 e. The first-order valence-electron chi connectivity index (χ1n) is 26.2. The maximum Gasteiger partial charge on any atom is 0.172 e. The summed E-state index contributed by atoms with van der Waals surface area (Å²) in [5.74, 6) is -0.376. The normalized spacial score (nSPS) is 58.8. The van der Waals surface area contributed by atoms with Crippen LogP contribution in [0.15, 0.2) is 0 Å². The molecule has 0 amide bonds. The lowest BCUT2D eigenvalue weighted by molar-refractivity contribution is -0.298. The fourth-order valence-corrected chi connectivity index (χ4v) is 20.3. The number of ketones is 2. The average Bonchev–Trinajstić information content (AvgIpc) is 3.99. The third-order valence-electron chi connectivity index (χ3n) is 23.8. The van der Waals surface area contributed by atoms with E-state index in [1.54, 1.807) is 0 Å². The summed E-state index contributed by atoms with van der Waals surface area (Å²) >= 11 is 0. The lowest BCUT2D eigenvalue weighted by atomic mass is 9.43. The standard InChI is InChI=1S/C54H76N2O9/c1-27-43-40(63-53(27)17-15-46(5,59)26-62-53)25-52(61)32-13-11-30-19-36-38(23-48(30,7)34(32)20-41(57)49(43,52)8)56-35-18-29-10-12-31-33(47(29,6)22-37(35)55-36)21-42(58)51(31)24-39-44(50(51,9)60)28(2)54(64-39)16-14-45(3,4)65-54/h27-34,39-40,43-44,59-61H,10-26H2,1-9H3/t27-,28-,29-,30-,31+,32+,33-,34-,39-,40-,43-,44-,46-,47-,48-,49+,50-,51-,52+,53-,54+/m0/s1. The van der Waals surface area contributed by atoms with E-state index in [1.165, 1.54) is 0 Å². The molecule has 8 aliphatic carbocycles. The van der Waals surface area contributed by atoms with Crippen molar-refractivity contribution in [1.29, 1.82) is 0 Å². The van der Waals surface area contributed by atoms with Gasteiger partial charge in [-0.1, -0.05) is 27.7 Å². The molecule has 10 fully saturated rings. The van der Waals surface area contributed by atoms with Gasteiger partial charge in [0.15, 0.2) is 11.6 Å². The number of ether oxygens (including phenoxy) is 4. The van der Waals surface area contributed by atoms with Crippen molar-refractivity contribution in [2.45, 2.75) is 211 Å². The Bertz CT molecular complexity index is 2280. The molecule has 1 aromatic rings. The molecule has 5 heterocycles. The number of nitrogens with zero attached hydrogens (tertiary/aromatic N) is 2. The highest BCUT2D eigenvalue weighted by Crippen LogP contribution is 2.74. The summed E-state index contributed by atoms with van der Waals surface area (Å²) in [6.07, 6.45) is 11.6. The number of hydrogen-bond donors (Lipinski definition) is 3. The molecule has 0 radical (unpaired) electrons. The summed E-state index contributed by atoms with van der Waals surface area (Å²) in [7, 11) is 0. The van der Waals surface area contributed by atoms with E-state index in [2.05, 4.69) is 48.5 Å². The molecule has 65 heavy (non-hydrogen) atoms. The van der Waals surface area contributed by atoms with Gasteiger partial charge < -0.3 is 34.3 Å². The van der Waals surface area contributed by atoms with Gasteiger partial charge in [-0.25, -0.2) is 0 Å². The first kappa shape index (κ1) is 43.2. The van der Waals surface area contributed by atoms with E-state index in [0.717, 1.165) is 87.0 Å². The number of Topliss-reactive ketones (excluding diaryl/α,β-unsaturated/α-hetero) is 2. The van der Waals surface area contributed by atoms with Crippen LogP contribution in [0.25, 0.3) is 0 Å². The Kier molecular flexibility index (Phi) is 8.45. The lowest BCUT2D eigenvalue weighted by Crippen LogP contribution is -2.67. The third-order valence-corrected chi connectivity index (χ3v) is 23.8. The Morgan fingerprint density at radius 2 is 1.14 bits per heavy atom. The van der Waals surface area contributed by atoms with E-state index >= 15 is 0 Å². The number of carbonyl (C=O) groups excluding carboxylic acids is 2. The predicted molar refractivity (Wildman–Crippen MR) is 238 cm³/mol. The van der Waals surface area contributed by atoms with Crippen molar-refractivity contribution in [3.63, 3.8) is 0 Å². The maximum absolute atomic E-state index is 14.9. The summed E-state index contributed by atoms with van der Waals surface area (Å²) in [6, 6.07) is 0. The van der Waals surface area contributed by atoms with Gasteiger partial charge in [-0.05, 0) is 152 Å². The number of rotatable bonds is 0. The molecule has 0 aromatic carbocycles. The average molecular weight is 897 g/mol. The monoisotopic (exact) mass is 897 g/mol. The van der Waals surface area contributed by atoms with E-state index in [-0.39, 0.29) is 94.2 Å². The van der Waals surface area contributed by atoms with Gasteiger partial charge in [-0.3, -0.25) is 19.6 Å². The quantitative estimate of drug-likeness (QED) is 0.245. The van der Waals surface area contributed by atoms with E-state index in [1.807, 2.05) is 13.8 Å². The number of aliphatic hydroxyl groups is 3. The summed E-state index contributed by atoms with van der Waals surface area (Å²) < 4.78 is 26.8. The molecule has 356 valence electrons. The zero-order chi connectivity index (χ0) is 45.7. The van der Waals surface area contributed by atoms with E-state index in [4.69, 9.17) is 28.9 Å². The van der Waals surface area contributed by atoms with E-state index in [9.17, 15) is 24.9 Å². The summed E-state index contributed by atoms with van der Waals surface area (Å²) in [6.45, 7) is 19.5. The van der Waals surface area contributed by atoms with Crippen LogP contribution in [0.3, 0.4) is 0 Å². The van der Waals surface area contributed by atoms with Crippen molar-refractivity contribution < 1.29 is 43.9 Å². The number of aromatic nitrogens is 2. The molecular formula is C54H76N2O9. The molecule has 0 unspecified atom stereocenters. The SMILES string of the molecule is C[C@H]1[C@H]2[C@H](C[C@]3(C(=O)C[C@H]4[C@H]3CC[C@H]3Cc5nc6c(nc5C[C@@]34C)C[C@@H]3CC[C@@H]4[C@H](CC(=O)[C@]5(C)[C@@H]7[C@H](C[C@@]45O)O[C@@]4(CC[C@](C)(O)CO4)[C@H]7C)[C@@]3(C)C6)[C@@]2(C)O)O[C@@]12CCC(C)(C)O2. The smallest absolute Gasteiger partial charge is 0.172 e. The van der Waals surface area contributed by atoms with Gasteiger partial charge in [0.2, 0.25) is 0 Å². The second kappa shape index (κ2) is 12.7.